The van der Waals surface area contributed by atoms with Crippen molar-refractivity contribution in [2.75, 3.05) is 0 Å². The predicted molar refractivity (Wildman–Crippen MR) is 133 cm³/mol. The minimum atomic E-state index is 0.786. The summed E-state index contributed by atoms with van der Waals surface area (Å²) in [5.74, 6) is 2.62. The van der Waals surface area contributed by atoms with Crippen molar-refractivity contribution in [1.29, 1.82) is 0 Å². The smallest absolute Gasteiger partial charge is 0.0162 e. The maximum Gasteiger partial charge on any atom is -0.0162 e. The lowest BCUT2D eigenvalue weighted by Crippen LogP contribution is -2.13. The van der Waals surface area contributed by atoms with Crippen LogP contribution in [0.2, 0.25) is 0 Å². The zero-order valence-electron chi connectivity index (χ0n) is 19.8. The highest BCUT2D eigenvalue weighted by Crippen LogP contribution is 2.38. The monoisotopic (exact) mass is 404 g/mol. The second-order valence-corrected chi connectivity index (χ2v) is 9.80. The molecule has 0 nitrogen and oxygen atoms in total. The summed E-state index contributed by atoms with van der Waals surface area (Å²) in [5, 5.41) is 0. The summed E-state index contributed by atoms with van der Waals surface area (Å²) < 4.78 is 0. The molecule has 2 aromatic carbocycles. The number of hydrogen-bond acceptors (Lipinski definition) is 0. The van der Waals surface area contributed by atoms with E-state index < -0.39 is 0 Å². The van der Waals surface area contributed by atoms with Crippen molar-refractivity contribution in [2.24, 2.45) is 11.8 Å². The lowest BCUT2D eigenvalue weighted by molar-refractivity contribution is 0.304. The molecule has 1 aliphatic rings. The first kappa shape index (κ1) is 23.1. The van der Waals surface area contributed by atoms with Crippen LogP contribution in [0.15, 0.2) is 48.5 Å². The lowest BCUT2D eigenvalue weighted by atomic mass is 9.77. The molecule has 1 saturated carbocycles. The molecule has 1 aliphatic carbocycles. The van der Waals surface area contributed by atoms with Crippen LogP contribution in [0.3, 0.4) is 0 Å². The number of rotatable bonds is 11. The summed E-state index contributed by atoms with van der Waals surface area (Å²) in [6, 6.07) is 18.9. The molecule has 0 bridgehead atoms. The summed E-state index contributed by atoms with van der Waals surface area (Å²) in [4.78, 5) is 0. The molecular formula is C30H44. The Morgan fingerprint density at radius 1 is 0.733 bits per heavy atom. The van der Waals surface area contributed by atoms with Crippen LogP contribution in [0.1, 0.15) is 108 Å². The summed E-state index contributed by atoms with van der Waals surface area (Å²) in [6.07, 6.45) is 16.4. The summed E-state index contributed by atoms with van der Waals surface area (Å²) in [5.41, 5.74) is 5.78. The Morgan fingerprint density at radius 3 is 1.90 bits per heavy atom. The van der Waals surface area contributed by atoms with Crippen molar-refractivity contribution in [3.8, 4) is 11.1 Å². The molecule has 0 amide bonds. The van der Waals surface area contributed by atoms with Gasteiger partial charge in [-0.25, -0.2) is 0 Å². The highest BCUT2D eigenvalue weighted by atomic mass is 14.3. The van der Waals surface area contributed by atoms with Crippen molar-refractivity contribution in [3.63, 3.8) is 0 Å². The molecule has 0 spiro atoms. The van der Waals surface area contributed by atoms with E-state index in [0.717, 1.165) is 17.8 Å². The van der Waals surface area contributed by atoms with Gasteiger partial charge in [0.25, 0.3) is 0 Å². The maximum absolute atomic E-state index is 2.40. The van der Waals surface area contributed by atoms with Gasteiger partial charge in [-0.3, -0.25) is 0 Å². The zero-order chi connectivity index (χ0) is 21.2. The Labute approximate surface area is 186 Å². The maximum atomic E-state index is 2.40. The topological polar surface area (TPSA) is 0 Å². The molecule has 0 aliphatic heterocycles. The Balaban J connectivity index is 1.55. The van der Waals surface area contributed by atoms with Gasteiger partial charge in [-0.2, -0.15) is 0 Å². The highest BCUT2D eigenvalue weighted by molar-refractivity contribution is 5.64. The molecule has 0 heteroatoms. The van der Waals surface area contributed by atoms with Crippen molar-refractivity contribution < 1.29 is 0 Å². The van der Waals surface area contributed by atoms with Gasteiger partial charge in [-0.1, -0.05) is 114 Å². The second kappa shape index (κ2) is 12.3. The van der Waals surface area contributed by atoms with E-state index in [4.69, 9.17) is 0 Å². The highest BCUT2D eigenvalue weighted by Gasteiger charge is 2.21. The van der Waals surface area contributed by atoms with E-state index in [0.29, 0.717) is 0 Å². The van der Waals surface area contributed by atoms with E-state index in [-0.39, 0.29) is 0 Å². The third kappa shape index (κ3) is 6.73. The van der Waals surface area contributed by atoms with Crippen LogP contribution in [-0.2, 0) is 6.42 Å². The van der Waals surface area contributed by atoms with Gasteiger partial charge in [-0.05, 0) is 72.1 Å². The van der Waals surface area contributed by atoms with Gasteiger partial charge in [0, 0.05) is 0 Å². The first-order valence-corrected chi connectivity index (χ1v) is 12.9. The number of unbranched alkanes of at least 4 members (excludes halogenated alkanes) is 2. The average molecular weight is 405 g/mol. The third-order valence-electron chi connectivity index (χ3n) is 7.55. The number of hydrogen-bond donors (Lipinski definition) is 0. The summed E-state index contributed by atoms with van der Waals surface area (Å²) >= 11 is 0. The largest absolute Gasteiger partial charge is 0.0654 e. The molecule has 1 unspecified atom stereocenters. The normalized spacial score (nSPS) is 20.2. The van der Waals surface area contributed by atoms with Gasteiger partial charge in [0.05, 0.1) is 0 Å². The van der Waals surface area contributed by atoms with Gasteiger partial charge >= 0.3 is 0 Å². The zero-order valence-corrected chi connectivity index (χ0v) is 19.8. The molecule has 2 aromatic rings. The Hall–Kier alpha value is -1.56. The van der Waals surface area contributed by atoms with E-state index in [2.05, 4.69) is 69.3 Å². The SMILES string of the molecule is CCCCC1CCC(c2ccc(-c3ccc(CC(CC)CCCC)cc3)cc2)CC1. The van der Waals surface area contributed by atoms with E-state index >= 15 is 0 Å². The van der Waals surface area contributed by atoms with Crippen LogP contribution in [0.4, 0.5) is 0 Å². The first-order valence-electron chi connectivity index (χ1n) is 12.9. The van der Waals surface area contributed by atoms with E-state index in [9.17, 15) is 0 Å². The predicted octanol–water partition coefficient (Wildman–Crippen LogP) is 9.58. The second-order valence-electron chi connectivity index (χ2n) is 9.80. The van der Waals surface area contributed by atoms with Crippen LogP contribution in [0.5, 0.6) is 0 Å². The molecule has 164 valence electrons. The van der Waals surface area contributed by atoms with Gasteiger partial charge < -0.3 is 0 Å². The molecular weight excluding hydrogens is 360 g/mol. The molecule has 1 fully saturated rings. The quantitative estimate of drug-likeness (QED) is 0.349. The molecule has 3 rings (SSSR count). The minimum Gasteiger partial charge on any atom is -0.0654 e. The van der Waals surface area contributed by atoms with Crippen LogP contribution in [0.25, 0.3) is 11.1 Å². The molecule has 30 heavy (non-hydrogen) atoms. The fourth-order valence-electron chi connectivity index (χ4n) is 5.33. The van der Waals surface area contributed by atoms with Gasteiger partial charge in [0.2, 0.25) is 0 Å². The summed E-state index contributed by atoms with van der Waals surface area (Å²) in [7, 11) is 0. The van der Waals surface area contributed by atoms with E-state index in [1.54, 1.807) is 5.56 Å². The van der Waals surface area contributed by atoms with Crippen LogP contribution in [0, 0.1) is 11.8 Å². The standard InChI is InChI=1S/C30H44/c1-4-7-9-24(6-3)23-26-13-17-28(18-14-26)30-21-19-29(20-22-30)27-15-11-25(12-16-27)10-8-5-2/h13-14,17-22,24-25,27H,4-12,15-16,23H2,1-3H3. The number of benzene rings is 2. The van der Waals surface area contributed by atoms with Crippen LogP contribution >= 0.6 is 0 Å². The van der Waals surface area contributed by atoms with Crippen molar-refractivity contribution in [2.45, 2.75) is 104 Å². The minimum absolute atomic E-state index is 0.786. The van der Waals surface area contributed by atoms with E-state index in [1.165, 1.54) is 93.7 Å². The van der Waals surface area contributed by atoms with Crippen molar-refractivity contribution in [3.05, 3.63) is 59.7 Å². The third-order valence-corrected chi connectivity index (χ3v) is 7.55. The molecule has 1 atom stereocenters. The Morgan fingerprint density at radius 2 is 1.33 bits per heavy atom. The van der Waals surface area contributed by atoms with Crippen molar-refractivity contribution in [1.82, 2.24) is 0 Å². The molecule has 0 N–H and O–H groups in total. The van der Waals surface area contributed by atoms with Gasteiger partial charge in [0.1, 0.15) is 0 Å². The molecule has 0 radical (unpaired) electrons. The molecule has 0 aromatic heterocycles. The van der Waals surface area contributed by atoms with Crippen LogP contribution < -0.4 is 0 Å². The molecule has 0 saturated heterocycles. The van der Waals surface area contributed by atoms with Crippen LogP contribution in [-0.4, -0.2) is 0 Å². The molecule has 0 heterocycles. The first-order chi connectivity index (χ1) is 14.7. The van der Waals surface area contributed by atoms with Gasteiger partial charge in [0.15, 0.2) is 0 Å². The fourth-order valence-corrected chi connectivity index (χ4v) is 5.33. The summed E-state index contributed by atoms with van der Waals surface area (Å²) in [6.45, 7) is 6.95. The van der Waals surface area contributed by atoms with Crippen molar-refractivity contribution >= 4 is 0 Å². The van der Waals surface area contributed by atoms with E-state index in [1.807, 2.05) is 0 Å². The Bertz CT molecular complexity index is 701. The van der Waals surface area contributed by atoms with Gasteiger partial charge in [-0.15, -0.1) is 0 Å². The Kier molecular flexibility index (Phi) is 9.50. The fraction of sp³-hybridized carbons (Fsp3) is 0.600. The average Bonchev–Trinajstić information content (AvgIpc) is 2.81. The lowest BCUT2D eigenvalue weighted by Gasteiger charge is -2.29.